The molecule has 0 radical (unpaired) electrons. The van der Waals surface area contributed by atoms with Crippen molar-refractivity contribution in [2.75, 3.05) is 6.54 Å². The van der Waals surface area contributed by atoms with Crippen LogP contribution in [0.5, 0.6) is 0 Å². The van der Waals surface area contributed by atoms with Crippen LogP contribution in [0.25, 0.3) is 0 Å². The minimum Gasteiger partial charge on any atom is -0.466 e. The van der Waals surface area contributed by atoms with Crippen LogP contribution < -0.4 is 5.32 Å². The molecule has 1 atom stereocenters. The normalized spacial score (nSPS) is 14.4. The Labute approximate surface area is 95.7 Å². The summed E-state index contributed by atoms with van der Waals surface area (Å²) in [6.07, 6.45) is 3.87. The zero-order chi connectivity index (χ0) is 12.0. The fourth-order valence-corrected chi connectivity index (χ4v) is 1.37. The highest BCUT2D eigenvalue weighted by molar-refractivity contribution is 5.75. The van der Waals surface area contributed by atoms with Gasteiger partial charge in [-0.25, -0.2) is 0 Å². The minimum atomic E-state index is -1.15. The van der Waals surface area contributed by atoms with Crippen molar-refractivity contribution in [3.05, 3.63) is 24.2 Å². The largest absolute Gasteiger partial charge is 0.466 e. The summed E-state index contributed by atoms with van der Waals surface area (Å²) in [7, 11) is 0. The Balaban J connectivity index is 2.39. The van der Waals surface area contributed by atoms with Gasteiger partial charge in [-0.15, -0.1) is 0 Å². The molecule has 1 rings (SSSR count). The lowest BCUT2D eigenvalue weighted by molar-refractivity contribution is -0.122. The maximum absolute atomic E-state index is 11.4. The van der Waals surface area contributed by atoms with Crippen LogP contribution in [0, 0.1) is 0 Å². The van der Waals surface area contributed by atoms with E-state index in [0.29, 0.717) is 12.2 Å². The molecule has 16 heavy (non-hydrogen) atoms. The third kappa shape index (κ3) is 3.70. The molecule has 0 spiro atoms. The van der Waals surface area contributed by atoms with E-state index in [0.717, 1.165) is 12.8 Å². The fraction of sp³-hybridized carbons (Fsp3) is 0.583. The summed E-state index contributed by atoms with van der Waals surface area (Å²) in [6.45, 7) is 3.82. The Morgan fingerprint density at radius 1 is 1.62 bits per heavy atom. The Morgan fingerprint density at radius 2 is 2.38 bits per heavy atom. The number of hydrogen-bond donors (Lipinski definition) is 2. The SMILES string of the molecule is CCCCC(=O)NCC(C)(O)c1ccco1. The van der Waals surface area contributed by atoms with E-state index in [1.165, 1.54) is 6.26 Å². The van der Waals surface area contributed by atoms with Crippen molar-refractivity contribution >= 4 is 5.91 Å². The highest BCUT2D eigenvalue weighted by Gasteiger charge is 2.26. The first-order valence-corrected chi connectivity index (χ1v) is 5.59. The van der Waals surface area contributed by atoms with Gasteiger partial charge in [-0.1, -0.05) is 13.3 Å². The van der Waals surface area contributed by atoms with Crippen molar-refractivity contribution in [1.29, 1.82) is 0 Å². The van der Waals surface area contributed by atoms with E-state index in [4.69, 9.17) is 4.42 Å². The Hall–Kier alpha value is -1.29. The second kappa shape index (κ2) is 5.70. The van der Waals surface area contributed by atoms with E-state index < -0.39 is 5.60 Å². The van der Waals surface area contributed by atoms with Gasteiger partial charge in [0.25, 0.3) is 0 Å². The number of nitrogens with one attached hydrogen (secondary N) is 1. The molecule has 0 fully saturated rings. The predicted molar refractivity (Wildman–Crippen MR) is 60.8 cm³/mol. The number of rotatable bonds is 6. The second-order valence-electron chi connectivity index (χ2n) is 4.13. The van der Waals surface area contributed by atoms with Gasteiger partial charge in [-0.2, -0.15) is 0 Å². The number of carbonyl (C=O) groups is 1. The molecule has 4 heteroatoms. The van der Waals surface area contributed by atoms with Gasteiger partial charge in [0.05, 0.1) is 12.8 Å². The third-order valence-corrected chi connectivity index (χ3v) is 2.44. The molecule has 1 aromatic rings. The maximum Gasteiger partial charge on any atom is 0.220 e. The van der Waals surface area contributed by atoms with Crippen molar-refractivity contribution in [3.8, 4) is 0 Å². The second-order valence-corrected chi connectivity index (χ2v) is 4.13. The minimum absolute atomic E-state index is 0.0336. The van der Waals surface area contributed by atoms with Crippen LogP contribution in [0.15, 0.2) is 22.8 Å². The first-order valence-electron chi connectivity index (χ1n) is 5.59. The van der Waals surface area contributed by atoms with E-state index in [-0.39, 0.29) is 12.5 Å². The number of hydrogen-bond acceptors (Lipinski definition) is 3. The summed E-state index contributed by atoms with van der Waals surface area (Å²) in [4.78, 5) is 11.4. The molecule has 2 N–H and O–H groups in total. The lowest BCUT2D eigenvalue weighted by Crippen LogP contribution is -2.38. The average Bonchev–Trinajstić information content (AvgIpc) is 2.77. The van der Waals surface area contributed by atoms with Gasteiger partial charge in [-0.3, -0.25) is 4.79 Å². The summed E-state index contributed by atoms with van der Waals surface area (Å²) in [5.74, 6) is 0.428. The lowest BCUT2D eigenvalue weighted by atomic mass is 10.0. The van der Waals surface area contributed by atoms with Crippen LogP contribution in [0.2, 0.25) is 0 Å². The molecule has 1 heterocycles. The molecule has 1 unspecified atom stereocenters. The van der Waals surface area contributed by atoms with E-state index >= 15 is 0 Å². The van der Waals surface area contributed by atoms with E-state index in [2.05, 4.69) is 5.32 Å². The zero-order valence-electron chi connectivity index (χ0n) is 9.82. The summed E-state index contributed by atoms with van der Waals surface area (Å²) in [5.41, 5.74) is -1.15. The molecule has 0 aliphatic carbocycles. The van der Waals surface area contributed by atoms with Crippen LogP contribution in [-0.2, 0) is 10.4 Å². The molecule has 0 saturated heterocycles. The molecule has 0 aliphatic rings. The average molecular weight is 225 g/mol. The Bertz CT molecular complexity index is 317. The molecule has 1 amide bonds. The highest BCUT2D eigenvalue weighted by atomic mass is 16.4. The topological polar surface area (TPSA) is 62.5 Å². The molecule has 0 aliphatic heterocycles. The van der Waals surface area contributed by atoms with Crippen molar-refractivity contribution < 1.29 is 14.3 Å². The van der Waals surface area contributed by atoms with Crippen LogP contribution in [-0.4, -0.2) is 17.6 Å². The third-order valence-electron chi connectivity index (χ3n) is 2.44. The van der Waals surface area contributed by atoms with Crippen molar-refractivity contribution in [2.24, 2.45) is 0 Å². The van der Waals surface area contributed by atoms with E-state index in [1.54, 1.807) is 19.1 Å². The summed E-state index contributed by atoms with van der Waals surface area (Å²) in [5, 5.41) is 12.7. The first-order chi connectivity index (χ1) is 7.56. The molecular formula is C12H19NO3. The van der Waals surface area contributed by atoms with Gasteiger partial charge in [-0.05, 0) is 25.5 Å². The van der Waals surface area contributed by atoms with Crippen LogP contribution in [0.4, 0.5) is 0 Å². The van der Waals surface area contributed by atoms with Crippen LogP contribution >= 0.6 is 0 Å². The van der Waals surface area contributed by atoms with Gasteiger partial charge >= 0.3 is 0 Å². The Kier molecular flexibility index (Phi) is 4.55. The molecule has 0 saturated carbocycles. The maximum atomic E-state index is 11.4. The fourth-order valence-electron chi connectivity index (χ4n) is 1.37. The van der Waals surface area contributed by atoms with Gasteiger partial charge in [0.15, 0.2) is 0 Å². The molecular weight excluding hydrogens is 206 g/mol. The summed E-state index contributed by atoms with van der Waals surface area (Å²) >= 11 is 0. The molecule has 0 aromatic carbocycles. The van der Waals surface area contributed by atoms with Crippen LogP contribution in [0.3, 0.4) is 0 Å². The molecule has 1 aromatic heterocycles. The summed E-state index contributed by atoms with van der Waals surface area (Å²) in [6, 6.07) is 3.40. The molecule has 4 nitrogen and oxygen atoms in total. The van der Waals surface area contributed by atoms with Gasteiger partial charge in [0, 0.05) is 6.42 Å². The number of furan rings is 1. The smallest absolute Gasteiger partial charge is 0.220 e. The van der Waals surface area contributed by atoms with Gasteiger partial charge in [0.2, 0.25) is 5.91 Å². The number of amides is 1. The lowest BCUT2D eigenvalue weighted by Gasteiger charge is -2.21. The van der Waals surface area contributed by atoms with Crippen molar-refractivity contribution in [1.82, 2.24) is 5.32 Å². The van der Waals surface area contributed by atoms with Crippen molar-refractivity contribution in [3.63, 3.8) is 0 Å². The zero-order valence-corrected chi connectivity index (χ0v) is 9.82. The monoisotopic (exact) mass is 225 g/mol. The Morgan fingerprint density at radius 3 is 2.94 bits per heavy atom. The molecule has 90 valence electrons. The van der Waals surface area contributed by atoms with E-state index in [9.17, 15) is 9.90 Å². The van der Waals surface area contributed by atoms with Crippen LogP contribution in [0.1, 0.15) is 38.9 Å². The summed E-state index contributed by atoms with van der Waals surface area (Å²) < 4.78 is 5.11. The first kappa shape index (κ1) is 12.8. The van der Waals surface area contributed by atoms with Gasteiger partial charge < -0.3 is 14.8 Å². The number of unbranched alkanes of at least 4 members (excludes halogenated alkanes) is 1. The molecule has 0 bridgehead atoms. The predicted octanol–water partition coefficient (Wildman–Crippen LogP) is 1.79. The van der Waals surface area contributed by atoms with Crippen molar-refractivity contribution in [2.45, 2.75) is 38.7 Å². The standard InChI is InChI=1S/C12H19NO3/c1-3-4-7-11(14)13-9-12(2,15)10-6-5-8-16-10/h5-6,8,15H,3-4,7,9H2,1-2H3,(H,13,14). The highest BCUT2D eigenvalue weighted by Crippen LogP contribution is 2.19. The number of aliphatic hydroxyl groups is 1. The number of carbonyl (C=O) groups excluding carboxylic acids is 1. The van der Waals surface area contributed by atoms with Gasteiger partial charge in [0.1, 0.15) is 11.4 Å². The van der Waals surface area contributed by atoms with E-state index in [1.807, 2.05) is 6.92 Å². The quantitative estimate of drug-likeness (QED) is 0.776.